The fraction of sp³-hybridized carbons (Fsp3) is 0.857. The third-order valence-corrected chi connectivity index (χ3v) is 1.89. The first-order valence-corrected chi connectivity index (χ1v) is 4.32. The van der Waals surface area contributed by atoms with Gasteiger partial charge in [0.05, 0.1) is 0 Å². The smallest absolute Gasteiger partial charge is 0.106 e. The molecule has 0 saturated carbocycles. The molecule has 1 atom stereocenters. The monoisotopic (exact) mass is 173 g/mol. The lowest BCUT2D eigenvalue weighted by atomic mass is 10.2. The number of nitrogens with zero attached hydrogens (tertiary/aromatic N) is 2. The minimum absolute atomic E-state index is 0.0300. The van der Waals surface area contributed by atoms with Crippen molar-refractivity contribution in [3.63, 3.8) is 0 Å². The second-order valence-corrected chi connectivity index (χ2v) is 3.74. The first-order valence-electron chi connectivity index (χ1n) is 3.85. The van der Waals surface area contributed by atoms with Crippen LogP contribution in [0.3, 0.4) is 0 Å². The van der Waals surface area contributed by atoms with Crippen LogP contribution in [0.2, 0.25) is 0 Å². The summed E-state index contributed by atoms with van der Waals surface area (Å²) in [6.07, 6.45) is 0. The maximum atomic E-state index is 5.16. The molecule has 0 amide bonds. The van der Waals surface area contributed by atoms with Crippen LogP contribution in [0.25, 0.3) is 0 Å². The van der Waals surface area contributed by atoms with Crippen LogP contribution < -0.4 is 5.43 Å². The number of rotatable bonds is 2. The summed E-state index contributed by atoms with van der Waals surface area (Å²) < 4.78 is 0. The van der Waals surface area contributed by atoms with Crippen LogP contribution in [0.4, 0.5) is 0 Å². The van der Waals surface area contributed by atoms with E-state index in [0.29, 0.717) is 5.92 Å². The van der Waals surface area contributed by atoms with E-state index in [0.717, 1.165) is 6.54 Å². The highest BCUT2D eigenvalue weighted by Crippen LogP contribution is 2.11. The Hall–Kier alpha value is 0.230. The van der Waals surface area contributed by atoms with Crippen molar-refractivity contribution in [2.24, 2.45) is 5.92 Å². The Kier molecular flexibility index (Phi) is 3.18. The van der Waals surface area contributed by atoms with Gasteiger partial charge >= 0.3 is 0 Å². The van der Waals surface area contributed by atoms with Crippen molar-refractivity contribution in [1.29, 1.82) is 0 Å². The molecule has 0 bridgehead atoms. The van der Waals surface area contributed by atoms with Gasteiger partial charge in [-0.05, 0) is 11.4 Å². The maximum Gasteiger partial charge on any atom is 0.106 e. The minimum atomic E-state index is 0.0300. The Balaban J connectivity index is 2.34. The number of hydrogen-bond acceptors (Lipinski definition) is 4. The zero-order valence-electron chi connectivity index (χ0n) is 7.24. The molecule has 1 aliphatic heterocycles. The Morgan fingerprint density at radius 1 is 1.64 bits per heavy atom. The predicted molar refractivity (Wildman–Crippen MR) is 47.9 cm³/mol. The molecule has 0 aromatic rings. The molecule has 1 fully saturated rings. The summed E-state index contributed by atoms with van der Waals surface area (Å²) in [6, 6.07) is 0. The molecule has 1 unspecified atom stereocenters. The second kappa shape index (κ2) is 3.76. The van der Waals surface area contributed by atoms with Gasteiger partial charge in [-0.3, -0.25) is 10.3 Å². The molecule has 0 aromatic carbocycles. The lowest BCUT2D eigenvalue weighted by molar-refractivity contribution is 0.303. The Labute approximate surface area is 74.1 Å². The number of hydrazine groups is 1. The summed E-state index contributed by atoms with van der Waals surface area (Å²) in [4.78, 5) is 2.12. The van der Waals surface area contributed by atoms with E-state index in [-0.39, 0.29) is 5.50 Å². The lowest BCUT2D eigenvalue weighted by Gasteiger charge is -2.28. The number of nitrogens with one attached hydrogen (secondary N) is 1. The Morgan fingerprint density at radius 2 is 2.27 bits per heavy atom. The van der Waals surface area contributed by atoms with E-state index < -0.39 is 0 Å². The third-order valence-electron chi connectivity index (χ3n) is 1.51. The Morgan fingerprint density at radius 3 is 2.64 bits per heavy atom. The van der Waals surface area contributed by atoms with Crippen molar-refractivity contribution in [1.82, 2.24) is 15.3 Å². The van der Waals surface area contributed by atoms with Crippen LogP contribution in [-0.2, 0) is 12.6 Å². The van der Waals surface area contributed by atoms with Gasteiger partial charge in [-0.25, -0.2) is 5.01 Å². The average molecular weight is 173 g/mol. The van der Waals surface area contributed by atoms with Crippen molar-refractivity contribution in [2.45, 2.75) is 19.3 Å². The van der Waals surface area contributed by atoms with E-state index in [9.17, 15) is 0 Å². The third kappa shape index (κ3) is 2.63. The summed E-state index contributed by atoms with van der Waals surface area (Å²) in [5.41, 5.74) is 3.12. The molecule has 0 spiro atoms. The van der Waals surface area contributed by atoms with E-state index >= 15 is 0 Å². The molecule has 1 saturated heterocycles. The maximum absolute atomic E-state index is 5.16. The first-order chi connectivity index (χ1) is 5.09. The predicted octanol–water partition coefficient (Wildman–Crippen LogP) is 0.344. The summed E-state index contributed by atoms with van der Waals surface area (Å²) >= 11 is 5.16. The summed E-state index contributed by atoms with van der Waals surface area (Å²) in [6.45, 7) is 7.41. The topological polar surface area (TPSA) is 18.5 Å². The molecule has 1 N–H and O–H groups in total. The number of hydrogen-bond donors (Lipinski definition) is 1. The molecule has 0 aromatic heterocycles. The zero-order chi connectivity index (χ0) is 8.43. The van der Waals surface area contributed by atoms with Crippen LogP contribution >= 0.6 is 0 Å². The molecule has 1 heterocycles. The van der Waals surface area contributed by atoms with Crippen LogP contribution in [0.5, 0.6) is 0 Å². The van der Waals surface area contributed by atoms with Crippen molar-refractivity contribution in [2.75, 3.05) is 13.6 Å². The van der Waals surface area contributed by atoms with Crippen molar-refractivity contribution < 1.29 is 0 Å². The lowest BCUT2D eigenvalue weighted by Crippen LogP contribution is -2.36. The van der Waals surface area contributed by atoms with Gasteiger partial charge in [0.1, 0.15) is 6.67 Å². The fourth-order valence-corrected chi connectivity index (χ4v) is 1.44. The molecule has 11 heavy (non-hydrogen) atoms. The van der Waals surface area contributed by atoms with Gasteiger partial charge in [0.15, 0.2) is 0 Å². The van der Waals surface area contributed by atoms with E-state index in [1.165, 1.54) is 0 Å². The van der Waals surface area contributed by atoms with Gasteiger partial charge in [-0.1, -0.05) is 13.8 Å². The van der Waals surface area contributed by atoms with Gasteiger partial charge < -0.3 is 12.6 Å². The first kappa shape index (κ1) is 9.32. The summed E-state index contributed by atoms with van der Waals surface area (Å²) in [7, 11) is 1.96. The fourth-order valence-electron chi connectivity index (χ4n) is 1.13. The molecule has 3 nitrogen and oxygen atoms in total. The van der Waals surface area contributed by atoms with Gasteiger partial charge in [0, 0.05) is 13.6 Å². The zero-order valence-corrected chi connectivity index (χ0v) is 8.06. The van der Waals surface area contributed by atoms with Crippen LogP contribution in [0, 0.1) is 12.6 Å². The van der Waals surface area contributed by atoms with Crippen LogP contribution in [-0.4, -0.2) is 29.0 Å². The summed E-state index contributed by atoms with van der Waals surface area (Å²) in [5, 5.41) is 1.90. The van der Waals surface area contributed by atoms with Crippen molar-refractivity contribution in [3.8, 4) is 0 Å². The van der Waals surface area contributed by atoms with E-state index in [1.807, 2.05) is 18.7 Å². The largest absolute Gasteiger partial charge is 0.757 e. The highest BCUT2D eigenvalue weighted by molar-refractivity contribution is 7.59. The Bertz CT molecular complexity index is 129. The highest BCUT2D eigenvalue weighted by atomic mass is 32.1. The molecule has 1 aliphatic rings. The summed E-state index contributed by atoms with van der Waals surface area (Å²) in [5.74, 6) is 0.657. The molecule has 65 valence electrons. The minimum Gasteiger partial charge on any atom is -0.757 e. The van der Waals surface area contributed by atoms with Gasteiger partial charge in [-0.2, -0.15) is 0 Å². The highest BCUT2D eigenvalue weighted by Gasteiger charge is 2.19. The van der Waals surface area contributed by atoms with Gasteiger partial charge in [0.2, 0.25) is 0 Å². The van der Waals surface area contributed by atoms with Crippen LogP contribution in [0.15, 0.2) is 0 Å². The van der Waals surface area contributed by atoms with Gasteiger partial charge in [0.25, 0.3) is 0 Å². The molecule has 1 radical (unpaired) electrons. The SMILES string of the molecule is CC(C)CN1[CH]N(C)NC1[S-]. The normalized spacial score (nSPS) is 28.6. The molecule has 4 heteroatoms. The average Bonchev–Trinajstić information content (AvgIpc) is 2.09. The van der Waals surface area contributed by atoms with E-state index in [4.69, 9.17) is 12.6 Å². The van der Waals surface area contributed by atoms with E-state index in [1.54, 1.807) is 0 Å². The van der Waals surface area contributed by atoms with E-state index in [2.05, 4.69) is 24.2 Å². The molecule has 0 aliphatic carbocycles. The van der Waals surface area contributed by atoms with Crippen LogP contribution in [0.1, 0.15) is 13.8 Å². The van der Waals surface area contributed by atoms with Crippen molar-refractivity contribution in [3.05, 3.63) is 6.67 Å². The standard InChI is InChI=1S/C7H16N3S/c1-6(2)4-10-5-9(3)8-7(10)11/h5-8,11H,4H2,1-3H3/p-1. The van der Waals surface area contributed by atoms with Gasteiger partial charge in [-0.15, -0.1) is 0 Å². The quantitative estimate of drug-likeness (QED) is 0.607. The molecular weight excluding hydrogens is 158 g/mol. The molecule has 1 rings (SSSR count). The van der Waals surface area contributed by atoms with Crippen molar-refractivity contribution >= 4 is 12.6 Å². The molecular formula is C7H15N3S-. The second-order valence-electron chi connectivity index (χ2n) is 3.30.